The molecule has 0 radical (unpaired) electrons. The van der Waals surface area contributed by atoms with Gasteiger partial charge in [0, 0.05) is 6.61 Å². The first-order chi connectivity index (χ1) is 10.3. The molecule has 122 valence electrons. The molecule has 0 aromatic carbocycles. The Hall–Kier alpha value is -1.78. The van der Waals surface area contributed by atoms with Crippen molar-refractivity contribution in [1.82, 2.24) is 19.5 Å². The van der Waals surface area contributed by atoms with Crippen LogP contribution < -0.4 is 11.3 Å². The van der Waals surface area contributed by atoms with Crippen LogP contribution in [-0.4, -0.2) is 53.8 Å². The Morgan fingerprint density at radius 2 is 2.23 bits per heavy atom. The van der Waals surface area contributed by atoms with Gasteiger partial charge in [0.1, 0.15) is 0 Å². The predicted octanol–water partition coefficient (Wildman–Crippen LogP) is -1.22. The molecule has 0 aliphatic carbocycles. The lowest BCUT2D eigenvalue weighted by Crippen LogP contribution is -2.19. The second-order valence-corrected chi connectivity index (χ2v) is 6.30. The number of fused-ring (bicyclic) bond motifs is 1. The van der Waals surface area contributed by atoms with Gasteiger partial charge < -0.3 is 25.4 Å². The van der Waals surface area contributed by atoms with Gasteiger partial charge in [-0.25, -0.2) is 4.98 Å². The zero-order valence-electron chi connectivity index (χ0n) is 11.4. The number of anilines is 1. The number of aliphatic hydroxyl groups is 1. The van der Waals surface area contributed by atoms with Crippen LogP contribution in [0.2, 0.25) is 0 Å². The van der Waals surface area contributed by atoms with Crippen LogP contribution in [0.25, 0.3) is 11.2 Å². The first-order valence-corrected chi connectivity index (χ1v) is 8.11. The highest BCUT2D eigenvalue weighted by Gasteiger charge is 2.18. The van der Waals surface area contributed by atoms with Crippen LogP contribution in [0.1, 0.15) is 12.6 Å². The fourth-order valence-corrected chi connectivity index (χ4v) is 2.41. The van der Waals surface area contributed by atoms with Crippen molar-refractivity contribution in [2.24, 2.45) is 0 Å². The number of hydrogen-bond donors (Lipinski definition) is 5. The molecular weight excluding hydrogens is 317 g/mol. The summed E-state index contributed by atoms with van der Waals surface area (Å²) in [6, 6.07) is 0. The number of H-pyrrole nitrogens is 1. The van der Waals surface area contributed by atoms with Crippen molar-refractivity contribution in [3.63, 3.8) is 0 Å². The van der Waals surface area contributed by atoms with Gasteiger partial charge >= 0.3 is 7.60 Å². The Morgan fingerprint density at radius 1 is 1.50 bits per heavy atom. The zero-order chi connectivity index (χ0) is 16.3. The van der Waals surface area contributed by atoms with Crippen molar-refractivity contribution >= 4 is 24.7 Å². The molecule has 0 spiro atoms. The monoisotopic (exact) mass is 333 g/mol. The molecule has 12 heteroatoms. The molecule has 0 fully saturated rings. The molecule has 22 heavy (non-hydrogen) atoms. The standard InChI is InChI=1S/C10H16N5O6P/c11-10-13-8-7(9(17)14-10)12-5-15(8)6(4-16)21-2-1-3-22(18,19)20/h5-6,16H,1-4H2,(H2,18,19,20)(H3,11,13,14,17)/t6-/m1/s1. The number of hydrogen-bond acceptors (Lipinski definition) is 7. The normalized spacial score (nSPS) is 13.6. The van der Waals surface area contributed by atoms with Crippen molar-refractivity contribution < 1.29 is 24.2 Å². The lowest BCUT2D eigenvalue weighted by molar-refractivity contribution is -0.0319. The Balaban J connectivity index is 2.14. The van der Waals surface area contributed by atoms with Crippen LogP contribution in [0.5, 0.6) is 0 Å². The van der Waals surface area contributed by atoms with Crippen molar-refractivity contribution in [1.29, 1.82) is 0 Å². The molecule has 0 bridgehead atoms. The highest BCUT2D eigenvalue weighted by atomic mass is 31.2. The van der Waals surface area contributed by atoms with Crippen LogP contribution in [0.15, 0.2) is 11.1 Å². The van der Waals surface area contributed by atoms with E-state index in [0.717, 1.165) is 0 Å². The lowest BCUT2D eigenvalue weighted by Gasteiger charge is -2.17. The maximum absolute atomic E-state index is 11.7. The molecule has 0 saturated heterocycles. The Bertz CT molecular complexity index is 752. The number of nitrogens with zero attached hydrogens (tertiary/aromatic N) is 3. The molecule has 2 aromatic rings. The highest BCUT2D eigenvalue weighted by Crippen LogP contribution is 2.34. The van der Waals surface area contributed by atoms with Gasteiger partial charge in [-0.2, -0.15) is 4.98 Å². The number of aliphatic hydroxyl groups excluding tert-OH is 1. The van der Waals surface area contributed by atoms with Gasteiger partial charge in [-0.15, -0.1) is 0 Å². The third kappa shape index (κ3) is 3.90. The topological polar surface area (TPSA) is 177 Å². The molecule has 0 aliphatic heterocycles. The van der Waals surface area contributed by atoms with Crippen molar-refractivity contribution in [2.45, 2.75) is 12.6 Å². The molecule has 11 nitrogen and oxygen atoms in total. The summed E-state index contributed by atoms with van der Waals surface area (Å²) in [6.07, 6.45) is 0.177. The number of ether oxygens (including phenoxy) is 1. The number of aromatic nitrogens is 4. The highest BCUT2D eigenvalue weighted by molar-refractivity contribution is 7.51. The Labute approximate surface area is 123 Å². The predicted molar refractivity (Wildman–Crippen MR) is 76.2 cm³/mol. The van der Waals surface area contributed by atoms with Crippen LogP contribution in [0, 0.1) is 0 Å². The largest absolute Gasteiger partial charge is 0.392 e. The molecular formula is C10H16N5O6P. The SMILES string of the molecule is Nc1nc2c(ncn2[C@@H](CO)OCCCP(=O)(O)O)c(=O)[nH]1. The fraction of sp³-hybridized carbons (Fsp3) is 0.500. The number of nitrogens with two attached hydrogens (primary N) is 1. The first kappa shape index (κ1) is 16.6. The zero-order valence-corrected chi connectivity index (χ0v) is 12.3. The number of imidazole rings is 1. The molecule has 0 unspecified atom stereocenters. The summed E-state index contributed by atoms with van der Waals surface area (Å²) in [4.78, 5) is 39.3. The van der Waals surface area contributed by atoms with Gasteiger partial charge in [0.05, 0.1) is 19.1 Å². The molecule has 2 rings (SSSR count). The average molecular weight is 333 g/mol. The van der Waals surface area contributed by atoms with Gasteiger partial charge in [-0.3, -0.25) is 18.9 Å². The van der Waals surface area contributed by atoms with Crippen molar-refractivity contribution in [3.05, 3.63) is 16.7 Å². The quantitative estimate of drug-likeness (QED) is 0.307. The minimum absolute atomic E-state index is 0.00861. The molecule has 2 heterocycles. The van der Waals surface area contributed by atoms with E-state index < -0.39 is 26.0 Å². The van der Waals surface area contributed by atoms with E-state index in [-0.39, 0.29) is 36.3 Å². The van der Waals surface area contributed by atoms with E-state index in [1.165, 1.54) is 10.9 Å². The van der Waals surface area contributed by atoms with Crippen LogP contribution in [0.3, 0.4) is 0 Å². The van der Waals surface area contributed by atoms with Gasteiger partial charge in [0.15, 0.2) is 17.4 Å². The second-order valence-electron chi connectivity index (χ2n) is 4.53. The maximum Gasteiger partial charge on any atom is 0.325 e. The third-order valence-electron chi connectivity index (χ3n) is 2.82. The van der Waals surface area contributed by atoms with E-state index in [2.05, 4.69) is 15.0 Å². The number of nitrogen functional groups attached to an aromatic ring is 1. The van der Waals surface area contributed by atoms with Crippen molar-refractivity contribution in [2.75, 3.05) is 25.1 Å². The molecule has 0 amide bonds. The summed E-state index contributed by atoms with van der Waals surface area (Å²) >= 11 is 0. The van der Waals surface area contributed by atoms with E-state index in [1.807, 2.05) is 0 Å². The number of nitrogens with one attached hydrogen (secondary N) is 1. The molecule has 2 aromatic heterocycles. The van der Waals surface area contributed by atoms with Crippen molar-refractivity contribution in [3.8, 4) is 0 Å². The van der Waals surface area contributed by atoms with Crippen LogP contribution >= 0.6 is 7.60 Å². The summed E-state index contributed by atoms with van der Waals surface area (Å²) in [5.74, 6) is -0.0996. The summed E-state index contributed by atoms with van der Waals surface area (Å²) < 4.78 is 17.4. The summed E-state index contributed by atoms with van der Waals surface area (Å²) in [6.45, 7) is -0.426. The van der Waals surface area contributed by atoms with E-state index in [0.29, 0.717) is 0 Å². The fourth-order valence-electron chi connectivity index (χ4n) is 1.86. The van der Waals surface area contributed by atoms with E-state index in [4.69, 9.17) is 20.3 Å². The van der Waals surface area contributed by atoms with Gasteiger partial charge in [-0.05, 0) is 6.42 Å². The molecule has 0 aliphatic rings. The Kier molecular flexibility index (Phi) is 4.94. The average Bonchev–Trinajstić information content (AvgIpc) is 2.81. The van der Waals surface area contributed by atoms with Crippen LogP contribution in [-0.2, 0) is 9.30 Å². The second kappa shape index (κ2) is 6.55. The minimum Gasteiger partial charge on any atom is -0.392 e. The third-order valence-corrected chi connectivity index (χ3v) is 3.72. The minimum atomic E-state index is -4.08. The van der Waals surface area contributed by atoms with E-state index >= 15 is 0 Å². The van der Waals surface area contributed by atoms with Gasteiger partial charge in [0.2, 0.25) is 5.95 Å². The molecule has 1 atom stereocenters. The van der Waals surface area contributed by atoms with E-state index in [1.54, 1.807) is 0 Å². The molecule has 6 N–H and O–H groups in total. The summed E-state index contributed by atoms with van der Waals surface area (Å²) in [5, 5.41) is 9.38. The van der Waals surface area contributed by atoms with Crippen LogP contribution in [0.4, 0.5) is 5.95 Å². The summed E-state index contributed by atoms with van der Waals surface area (Å²) in [5.41, 5.74) is 5.15. The Morgan fingerprint density at radius 3 is 2.86 bits per heavy atom. The molecule has 0 saturated carbocycles. The summed E-state index contributed by atoms with van der Waals surface area (Å²) in [7, 11) is -4.08. The lowest BCUT2D eigenvalue weighted by atomic mass is 10.5. The number of rotatable bonds is 7. The maximum atomic E-state index is 11.7. The van der Waals surface area contributed by atoms with E-state index in [9.17, 15) is 14.5 Å². The first-order valence-electron chi connectivity index (χ1n) is 6.31. The smallest absolute Gasteiger partial charge is 0.325 e. The number of aromatic amines is 1. The van der Waals surface area contributed by atoms with Gasteiger partial charge in [0.25, 0.3) is 5.56 Å². The van der Waals surface area contributed by atoms with Gasteiger partial charge in [-0.1, -0.05) is 0 Å².